The number of hydrogen-bond donors (Lipinski definition) is 2. The molecule has 0 aliphatic heterocycles. The summed E-state index contributed by atoms with van der Waals surface area (Å²) in [5.74, 6) is 0.0363. The van der Waals surface area contributed by atoms with Gasteiger partial charge in [-0.25, -0.2) is 0 Å². The highest BCUT2D eigenvalue weighted by Crippen LogP contribution is 2.31. The molecule has 2 heteroatoms. The third kappa shape index (κ3) is 8.77. The lowest BCUT2D eigenvalue weighted by Crippen LogP contribution is -2.02. The van der Waals surface area contributed by atoms with Gasteiger partial charge in [0, 0.05) is 11.1 Å². The summed E-state index contributed by atoms with van der Waals surface area (Å²) in [4.78, 5) is 0. The smallest absolute Gasteiger partial charge is 0.123 e. The lowest BCUT2D eigenvalue weighted by molar-refractivity contribution is 0.417. The van der Waals surface area contributed by atoms with Crippen LogP contribution in [0.2, 0.25) is 0 Å². The second-order valence-corrected chi connectivity index (χ2v) is 5.67. The van der Waals surface area contributed by atoms with Crippen molar-refractivity contribution in [2.75, 3.05) is 0 Å². The molecule has 0 amide bonds. The van der Waals surface area contributed by atoms with Gasteiger partial charge in [-0.1, -0.05) is 88.3 Å². The third-order valence-corrected chi connectivity index (χ3v) is 3.46. The topological polar surface area (TPSA) is 40.5 Å². The summed E-state index contributed by atoms with van der Waals surface area (Å²) in [6, 6.07) is 0. The Kier molecular flexibility index (Phi) is 12.6. The van der Waals surface area contributed by atoms with E-state index in [2.05, 4.69) is 19.7 Å². The van der Waals surface area contributed by atoms with E-state index in [4.69, 9.17) is 0 Å². The Labute approximate surface area is 164 Å². The summed E-state index contributed by atoms with van der Waals surface area (Å²) in [6.45, 7) is 17.7. The first-order valence-corrected chi connectivity index (χ1v) is 9.11. The van der Waals surface area contributed by atoms with Crippen LogP contribution in [-0.2, 0) is 0 Å². The van der Waals surface area contributed by atoms with Crippen LogP contribution >= 0.6 is 0 Å². The van der Waals surface area contributed by atoms with E-state index in [-0.39, 0.29) is 11.5 Å². The highest BCUT2D eigenvalue weighted by atomic mass is 16.3. The van der Waals surface area contributed by atoms with Crippen LogP contribution in [0.1, 0.15) is 33.6 Å². The zero-order valence-electron chi connectivity index (χ0n) is 16.8. The normalized spacial score (nSPS) is 14.5. The molecule has 2 nitrogen and oxygen atoms in total. The number of hydrogen-bond acceptors (Lipinski definition) is 2. The SMILES string of the molecule is C=C/C=C\C(=C)C(=C(O)\C=C/CC)/C(C(=C)/C=C\C=C/C)=C(O)/C=C\CC. The van der Waals surface area contributed by atoms with Gasteiger partial charge in [-0.3, -0.25) is 0 Å². The maximum absolute atomic E-state index is 10.7. The fraction of sp³-hybridized carbons (Fsp3) is 0.200. The van der Waals surface area contributed by atoms with Crippen molar-refractivity contribution in [3.8, 4) is 0 Å². The molecule has 0 atom stereocenters. The number of allylic oxidation sites excluding steroid dienone is 15. The van der Waals surface area contributed by atoms with E-state index in [1.807, 2.05) is 51.2 Å². The lowest BCUT2D eigenvalue weighted by atomic mass is 9.90. The van der Waals surface area contributed by atoms with Gasteiger partial charge in [0.05, 0.1) is 0 Å². The van der Waals surface area contributed by atoms with Gasteiger partial charge in [0.15, 0.2) is 0 Å². The average Bonchev–Trinajstić information content (AvgIpc) is 2.66. The van der Waals surface area contributed by atoms with E-state index in [0.717, 1.165) is 12.8 Å². The van der Waals surface area contributed by atoms with Crippen molar-refractivity contribution in [3.05, 3.63) is 120 Å². The molecule has 144 valence electrons. The Morgan fingerprint density at radius 1 is 0.741 bits per heavy atom. The van der Waals surface area contributed by atoms with E-state index < -0.39 is 0 Å². The molecule has 0 saturated carbocycles. The van der Waals surface area contributed by atoms with Gasteiger partial charge in [0.25, 0.3) is 0 Å². The van der Waals surface area contributed by atoms with Crippen LogP contribution in [0.15, 0.2) is 120 Å². The Hall–Kier alpha value is -3.00. The molecule has 0 aliphatic rings. The minimum Gasteiger partial charge on any atom is -0.507 e. The second kappa shape index (κ2) is 14.2. The summed E-state index contributed by atoms with van der Waals surface area (Å²) in [5, 5.41) is 21.4. The Balaban J connectivity index is 6.67. The van der Waals surface area contributed by atoms with Gasteiger partial charge < -0.3 is 10.2 Å². The minimum atomic E-state index is 0.0163. The summed E-state index contributed by atoms with van der Waals surface area (Å²) < 4.78 is 0. The van der Waals surface area contributed by atoms with E-state index >= 15 is 0 Å². The molecule has 0 aromatic carbocycles. The highest BCUT2D eigenvalue weighted by molar-refractivity contribution is 5.64. The maximum atomic E-state index is 10.7. The van der Waals surface area contributed by atoms with Gasteiger partial charge >= 0.3 is 0 Å². The monoisotopic (exact) mass is 364 g/mol. The van der Waals surface area contributed by atoms with Crippen molar-refractivity contribution in [2.24, 2.45) is 0 Å². The molecule has 0 bridgehead atoms. The molecule has 0 spiro atoms. The fourth-order valence-electron chi connectivity index (χ4n) is 2.17. The highest BCUT2D eigenvalue weighted by Gasteiger charge is 2.18. The maximum Gasteiger partial charge on any atom is 0.123 e. The Bertz CT molecular complexity index is 732. The first-order valence-electron chi connectivity index (χ1n) is 9.11. The van der Waals surface area contributed by atoms with Crippen molar-refractivity contribution in [1.29, 1.82) is 0 Å². The molecule has 0 unspecified atom stereocenters. The van der Waals surface area contributed by atoms with E-state index in [9.17, 15) is 10.2 Å². The van der Waals surface area contributed by atoms with Gasteiger partial charge in [0.1, 0.15) is 11.5 Å². The second-order valence-electron chi connectivity index (χ2n) is 5.67. The van der Waals surface area contributed by atoms with E-state index in [1.54, 1.807) is 36.5 Å². The molecular weight excluding hydrogens is 332 g/mol. The van der Waals surface area contributed by atoms with Crippen LogP contribution in [0.4, 0.5) is 0 Å². The zero-order chi connectivity index (χ0) is 20.7. The molecule has 0 fully saturated rings. The van der Waals surface area contributed by atoms with Gasteiger partial charge in [-0.2, -0.15) is 0 Å². The van der Waals surface area contributed by atoms with Crippen LogP contribution in [0.25, 0.3) is 0 Å². The fourth-order valence-corrected chi connectivity index (χ4v) is 2.17. The molecule has 27 heavy (non-hydrogen) atoms. The predicted octanol–water partition coefficient (Wildman–Crippen LogP) is 7.53. The van der Waals surface area contributed by atoms with Crippen molar-refractivity contribution in [2.45, 2.75) is 33.6 Å². The first kappa shape index (κ1) is 24.0. The lowest BCUT2D eigenvalue weighted by Gasteiger charge is -2.16. The van der Waals surface area contributed by atoms with Crippen molar-refractivity contribution >= 4 is 0 Å². The van der Waals surface area contributed by atoms with Crippen LogP contribution in [0, 0.1) is 0 Å². The molecule has 0 aromatic heterocycles. The zero-order valence-corrected chi connectivity index (χ0v) is 16.8. The quantitative estimate of drug-likeness (QED) is 0.294. The summed E-state index contributed by atoms with van der Waals surface area (Å²) >= 11 is 0. The van der Waals surface area contributed by atoms with Gasteiger partial charge in [-0.05, 0) is 43.1 Å². The third-order valence-electron chi connectivity index (χ3n) is 3.46. The van der Waals surface area contributed by atoms with E-state index in [0.29, 0.717) is 22.3 Å². The Morgan fingerprint density at radius 2 is 1.19 bits per heavy atom. The van der Waals surface area contributed by atoms with Crippen LogP contribution in [-0.4, -0.2) is 10.2 Å². The molecule has 0 rings (SSSR count). The Morgan fingerprint density at radius 3 is 1.56 bits per heavy atom. The van der Waals surface area contributed by atoms with Gasteiger partial charge in [0.2, 0.25) is 0 Å². The van der Waals surface area contributed by atoms with Crippen molar-refractivity contribution in [3.63, 3.8) is 0 Å². The summed E-state index contributed by atoms with van der Waals surface area (Å²) in [5.41, 5.74) is 1.95. The van der Waals surface area contributed by atoms with Crippen molar-refractivity contribution in [1.82, 2.24) is 0 Å². The average molecular weight is 365 g/mol. The van der Waals surface area contributed by atoms with Crippen LogP contribution in [0.3, 0.4) is 0 Å². The van der Waals surface area contributed by atoms with Crippen LogP contribution in [0.5, 0.6) is 0 Å². The van der Waals surface area contributed by atoms with E-state index in [1.165, 1.54) is 0 Å². The predicted molar refractivity (Wildman–Crippen MR) is 120 cm³/mol. The standard InChI is InChI=1S/C25H32O2/c1-7-11-15-17-21(6)25(23(27)19-14-10-4)24(20(5)16-12-8-2)22(26)18-13-9-3/h7-8,11-19,26-27H,2,5-6,9-10H2,1,3-4H3/b11-7-,16-12-,17-15-,18-13-,19-14-,24-22-,25-23-. The summed E-state index contributed by atoms with van der Waals surface area (Å²) in [6.07, 6.45) is 20.9. The molecule has 0 aromatic rings. The molecule has 0 radical (unpaired) electrons. The molecule has 0 heterocycles. The molecular formula is C25H32O2. The first-order chi connectivity index (χ1) is 12.9. The summed E-state index contributed by atoms with van der Waals surface area (Å²) in [7, 11) is 0. The number of aliphatic hydroxyl groups excluding tert-OH is 2. The molecule has 0 saturated heterocycles. The largest absolute Gasteiger partial charge is 0.507 e. The number of aliphatic hydroxyl groups is 2. The van der Waals surface area contributed by atoms with Crippen LogP contribution < -0.4 is 0 Å². The number of rotatable bonds is 11. The molecule has 0 aliphatic carbocycles. The molecule has 2 N–H and O–H groups in total. The van der Waals surface area contributed by atoms with Gasteiger partial charge in [-0.15, -0.1) is 0 Å². The van der Waals surface area contributed by atoms with Crippen molar-refractivity contribution < 1.29 is 10.2 Å². The minimum absolute atomic E-state index is 0.0163.